The summed E-state index contributed by atoms with van der Waals surface area (Å²) >= 11 is 0. The molecule has 5 heterocycles. The van der Waals surface area contributed by atoms with E-state index in [0.717, 1.165) is 12.0 Å². The van der Waals surface area contributed by atoms with Gasteiger partial charge in [0.1, 0.15) is 22.9 Å². The number of carbonyl (C=O) groups excluding carboxylic acids is 2. The molecular formula is C55H73NO11S2. The van der Waals surface area contributed by atoms with Gasteiger partial charge in [-0.05, 0) is 147 Å². The number of ketones is 1. The van der Waals surface area contributed by atoms with E-state index in [0.29, 0.717) is 80.7 Å². The molecule has 8 N–H and O–H groups in total. The number of anilines is 1. The van der Waals surface area contributed by atoms with E-state index in [1.54, 1.807) is 23.1 Å². The Bertz CT molecular complexity index is 2430. The second-order valence-corrected chi connectivity index (χ2v) is 27.3. The second-order valence-electron chi connectivity index (χ2n) is 24.8. The largest absolute Gasteiger partial charge is 0.508 e. The molecule has 1 aromatic rings. The number of rotatable bonds is 4. The van der Waals surface area contributed by atoms with Crippen LogP contribution in [0.4, 0.5) is 5.69 Å². The number of hydrogen-bond acceptors (Lipinski definition) is 13. The van der Waals surface area contributed by atoms with Crippen LogP contribution >= 0.6 is 21.6 Å². The minimum absolute atomic E-state index is 0.0150. The third kappa shape index (κ3) is 5.69. The zero-order valence-electron chi connectivity index (χ0n) is 40.5. The van der Waals surface area contributed by atoms with E-state index in [4.69, 9.17) is 4.74 Å². The lowest BCUT2D eigenvalue weighted by molar-refractivity contribution is -0.206. The van der Waals surface area contributed by atoms with Gasteiger partial charge in [0.15, 0.2) is 5.78 Å². The molecule has 1 aromatic carbocycles. The Kier molecular flexibility index (Phi) is 10.8. The molecule has 13 aliphatic rings. The van der Waals surface area contributed by atoms with Gasteiger partial charge in [-0.1, -0.05) is 80.0 Å². The Hall–Kier alpha value is -2.24. The predicted octanol–water partition coefficient (Wildman–Crippen LogP) is 6.01. The molecule has 69 heavy (non-hydrogen) atoms. The highest BCUT2D eigenvalue weighted by Crippen LogP contribution is 2.78. The van der Waals surface area contributed by atoms with E-state index in [1.807, 2.05) is 13.0 Å². The number of carbonyl (C=O) groups is 2. The molecule has 8 bridgehead atoms. The Balaban J connectivity index is 1.06. The van der Waals surface area contributed by atoms with E-state index in [1.165, 1.54) is 21.6 Å². The molecule has 1 amide bonds. The molecule has 376 valence electrons. The number of phenols is 1. The number of fused-ring (bicyclic) bond motifs is 1. The van der Waals surface area contributed by atoms with Crippen LogP contribution in [0, 0.1) is 73.9 Å². The molecule has 0 unspecified atom stereocenters. The van der Waals surface area contributed by atoms with Crippen molar-refractivity contribution in [1.82, 2.24) is 0 Å². The van der Waals surface area contributed by atoms with Gasteiger partial charge in [-0.2, -0.15) is 0 Å². The number of allylic oxidation sites excluding steroid dienone is 3. The number of amides is 1. The van der Waals surface area contributed by atoms with Crippen molar-refractivity contribution in [3.63, 3.8) is 0 Å². The van der Waals surface area contributed by atoms with Crippen LogP contribution in [0.5, 0.6) is 5.75 Å². The number of epoxide rings is 1. The lowest BCUT2D eigenvalue weighted by atomic mass is 9.39. The van der Waals surface area contributed by atoms with Crippen LogP contribution in [0.2, 0.25) is 0 Å². The van der Waals surface area contributed by atoms with E-state index < -0.39 is 85.4 Å². The Morgan fingerprint density at radius 1 is 0.913 bits per heavy atom. The fourth-order valence-corrected chi connectivity index (χ4v) is 22.1. The molecule has 7 fully saturated rings. The molecule has 5 saturated carbocycles. The molecule has 0 aromatic heterocycles. The summed E-state index contributed by atoms with van der Waals surface area (Å²) in [5, 5.41) is 99.5. The molecule has 14 rings (SSSR count). The van der Waals surface area contributed by atoms with Crippen molar-refractivity contribution in [2.24, 2.45) is 73.9 Å². The van der Waals surface area contributed by atoms with Crippen molar-refractivity contribution in [2.75, 3.05) is 23.8 Å². The predicted molar refractivity (Wildman–Crippen MR) is 262 cm³/mol. The van der Waals surface area contributed by atoms with E-state index in [9.17, 15) is 40.9 Å². The number of aromatic hydroxyl groups is 1. The molecular weight excluding hydrogens is 915 g/mol. The Morgan fingerprint density at radius 2 is 1.70 bits per heavy atom. The van der Waals surface area contributed by atoms with Crippen LogP contribution in [0.25, 0.3) is 0 Å². The molecule has 12 nitrogen and oxygen atoms in total. The Morgan fingerprint density at radius 3 is 2.46 bits per heavy atom. The summed E-state index contributed by atoms with van der Waals surface area (Å²) in [5.41, 5.74) is -9.31. The number of aryl methyl sites for hydroxylation is 1. The maximum absolute atomic E-state index is 16.1. The van der Waals surface area contributed by atoms with Crippen LogP contribution in [-0.4, -0.2) is 119 Å². The van der Waals surface area contributed by atoms with E-state index >= 15 is 9.59 Å². The third-order valence-corrected chi connectivity index (χ3v) is 25.1. The number of nitrogens with zero attached hydrogens (tertiary/aromatic N) is 1. The maximum atomic E-state index is 16.1. The monoisotopic (exact) mass is 987 g/mol. The number of aliphatic hydroxyl groups excluding tert-OH is 5. The van der Waals surface area contributed by atoms with Crippen LogP contribution in [-0.2, 0) is 20.7 Å². The zero-order valence-corrected chi connectivity index (χ0v) is 42.1. The van der Waals surface area contributed by atoms with Crippen molar-refractivity contribution >= 4 is 39.0 Å². The van der Waals surface area contributed by atoms with Gasteiger partial charge < -0.3 is 50.5 Å². The summed E-state index contributed by atoms with van der Waals surface area (Å²) in [6, 6.07) is 5.33. The second kappa shape index (κ2) is 15.6. The molecule has 20 atom stereocenters. The first kappa shape index (κ1) is 47.7. The van der Waals surface area contributed by atoms with Crippen molar-refractivity contribution < 1.29 is 55.2 Å². The van der Waals surface area contributed by atoms with Crippen molar-refractivity contribution in [3.8, 4) is 5.75 Å². The van der Waals surface area contributed by atoms with Gasteiger partial charge in [0.25, 0.3) is 0 Å². The lowest BCUT2D eigenvalue weighted by Crippen LogP contribution is -2.70. The smallest absolute Gasteiger partial charge is 0.235 e. The molecule has 8 aliphatic carbocycles. The first-order chi connectivity index (χ1) is 32.8. The highest BCUT2D eigenvalue weighted by atomic mass is 33.1. The minimum Gasteiger partial charge on any atom is -0.508 e. The highest BCUT2D eigenvalue weighted by Gasteiger charge is 2.81. The zero-order chi connectivity index (χ0) is 48.6. The third-order valence-electron chi connectivity index (χ3n) is 22.5. The molecule has 14 heteroatoms. The van der Waals surface area contributed by atoms with Crippen molar-refractivity contribution in [2.45, 2.75) is 158 Å². The number of phenolic OH excluding ortho intramolecular Hbond substituents is 1. The van der Waals surface area contributed by atoms with E-state index in [2.05, 4.69) is 45.1 Å². The summed E-state index contributed by atoms with van der Waals surface area (Å²) < 4.78 is 6.51. The minimum atomic E-state index is -1.61. The van der Waals surface area contributed by atoms with Crippen LogP contribution in [0.1, 0.15) is 110 Å². The highest BCUT2D eigenvalue weighted by molar-refractivity contribution is 8.76. The first-order valence-corrected chi connectivity index (χ1v) is 28.6. The van der Waals surface area contributed by atoms with Gasteiger partial charge in [0.05, 0.1) is 47.5 Å². The quantitative estimate of drug-likeness (QED) is 0.0989. The van der Waals surface area contributed by atoms with Crippen LogP contribution in [0.3, 0.4) is 0 Å². The van der Waals surface area contributed by atoms with E-state index in [-0.39, 0.29) is 79.6 Å². The summed E-state index contributed by atoms with van der Waals surface area (Å²) in [5.74, 6) is -1.45. The summed E-state index contributed by atoms with van der Waals surface area (Å²) in [6.07, 6.45) is 11.4. The topological polar surface area (TPSA) is 212 Å². The summed E-state index contributed by atoms with van der Waals surface area (Å²) in [6.45, 7) is 8.38. The molecule has 5 aliphatic heterocycles. The molecule has 4 spiro atoms. The van der Waals surface area contributed by atoms with Gasteiger partial charge >= 0.3 is 0 Å². The standard InChI is InChI=1S/C55H73NO11S2/c1-29(2)30(3)44-45(67-44)53(65)15-6-7-33-21-37-38-23-43(62)51(25-40(60)39(59)24-48(37,51)4)47(64)69-68-26-34-8-5-14-49(28-57)16-12-32-9-10-42(61)52(32)27-56(46(63)55(34,49)52)35-19-31(20-36(58)22-35)11-17-50(33)41(53)13-18-54(38,50)66/h6-7,12,16,19-20,22-23,29-30,32-34,37,39-42,44-45,47,57-61,64-66H,5,8-11,13-15,17-18,21,24-28H2,1-4H3/t30-,32+,33-,34+,37+,39+,40-,41+,42-,44+,45-,47+,48-,49-,50-,51+,52-,53-,54-,55+/m1/s1. The SMILES string of the molecule is CC(C)[C@@H](C)[C@@H]1O[C@H]1[C@@]1(O)CC=C[C@@H]2C[C@H]3C4=CC(=O)[C@@]5(C[C@@H](O)[C@@H](O)C[C@]35C)[C@@H](O)SSC[C@@H]3CCC[C@]5(CO)C=C[C@@H]6CC[C@@H](O)[C@@]67CN(C(=O)[C@@]357)c3cc(O)cc(c3)CC[C@]23[C@@H]1CC[C@@]43O. The van der Waals surface area contributed by atoms with Crippen molar-refractivity contribution in [1.29, 1.82) is 0 Å². The number of aliphatic hydroxyl groups is 7. The number of benzene rings is 1. The number of hydrogen-bond donors (Lipinski definition) is 8. The first-order valence-electron chi connectivity index (χ1n) is 26.3. The fourth-order valence-electron chi connectivity index (χ4n) is 19.1. The number of ether oxygens (including phenoxy) is 1. The van der Waals surface area contributed by atoms with Gasteiger partial charge in [-0.15, -0.1) is 0 Å². The summed E-state index contributed by atoms with van der Waals surface area (Å²) in [7, 11) is 2.56. The molecule has 0 radical (unpaired) electrons. The fraction of sp³-hybridized carbons (Fsp3) is 0.745. The van der Waals surface area contributed by atoms with Crippen LogP contribution in [0.15, 0.2) is 54.2 Å². The van der Waals surface area contributed by atoms with Gasteiger partial charge in [-0.25, -0.2) is 0 Å². The van der Waals surface area contributed by atoms with Gasteiger partial charge in [-0.3, -0.25) is 9.59 Å². The normalized spacial score (nSPS) is 52.0. The van der Waals surface area contributed by atoms with Gasteiger partial charge in [0, 0.05) is 46.2 Å². The molecule has 2 saturated heterocycles. The van der Waals surface area contributed by atoms with Crippen LogP contribution < -0.4 is 4.90 Å². The average molecular weight is 988 g/mol. The summed E-state index contributed by atoms with van der Waals surface area (Å²) in [4.78, 5) is 33.5. The Labute approximate surface area is 413 Å². The van der Waals surface area contributed by atoms with Crippen molar-refractivity contribution in [3.05, 3.63) is 59.7 Å². The average Bonchev–Trinajstić information content (AvgIpc) is 3.90. The lowest BCUT2D eigenvalue weighted by Gasteiger charge is -2.67. The maximum Gasteiger partial charge on any atom is 0.235 e. The van der Waals surface area contributed by atoms with Gasteiger partial charge in [0.2, 0.25) is 5.91 Å².